The van der Waals surface area contributed by atoms with E-state index in [2.05, 4.69) is 27.2 Å². The Morgan fingerprint density at radius 3 is 2.71 bits per heavy atom. The highest BCUT2D eigenvalue weighted by Crippen LogP contribution is 2.28. The number of nitrogens with two attached hydrogens (primary N) is 1. The molecule has 24 heavy (non-hydrogen) atoms. The predicted molar refractivity (Wildman–Crippen MR) is 97.2 cm³/mol. The van der Waals surface area contributed by atoms with Crippen molar-refractivity contribution in [1.29, 1.82) is 0 Å². The van der Waals surface area contributed by atoms with Crippen molar-refractivity contribution in [1.82, 2.24) is 15.0 Å². The second-order valence-corrected chi connectivity index (χ2v) is 6.62. The first-order valence-electron chi connectivity index (χ1n) is 7.54. The van der Waals surface area contributed by atoms with Crippen molar-refractivity contribution in [2.75, 3.05) is 5.32 Å². The second-order valence-electron chi connectivity index (χ2n) is 5.14. The molecule has 6 nitrogen and oxygen atoms in total. The Hall–Kier alpha value is -2.25. The molecule has 3 rings (SSSR count). The van der Waals surface area contributed by atoms with Crippen LogP contribution in [0.25, 0.3) is 10.2 Å². The topological polar surface area (TPSA) is 93.8 Å². The van der Waals surface area contributed by atoms with Crippen LogP contribution in [0.2, 0.25) is 5.15 Å². The van der Waals surface area contributed by atoms with E-state index in [1.54, 1.807) is 11.3 Å². The molecule has 0 saturated heterocycles. The van der Waals surface area contributed by atoms with E-state index in [1.165, 1.54) is 0 Å². The number of halogens is 1. The van der Waals surface area contributed by atoms with Crippen molar-refractivity contribution in [2.45, 2.75) is 26.7 Å². The summed E-state index contributed by atoms with van der Waals surface area (Å²) < 4.78 is 1.06. The highest BCUT2D eigenvalue weighted by Gasteiger charge is 2.16. The number of hydrogen-bond donors (Lipinski definition) is 2. The van der Waals surface area contributed by atoms with Gasteiger partial charge in [0.25, 0.3) is 5.91 Å². The van der Waals surface area contributed by atoms with Crippen LogP contribution >= 0.6 is 22.9 Å². The van der Waals surface area contributed by atoms with Gasteiger partial charge in [-0.3, -0.25) is 4.79 Å². The number of carbonyl (C=O) groups excluding carboxylic acids is 1. The maximum Gasteiger partial charge on any atom is 0.271 e. The normalized spacial score (nSPS) is 11.0. The lowest BCUT2D eigenvalue weighted by Crippen LogP contribution is -2.18. The quantitative estimate of drug-likeness (QED) is 0.722. The minimum atomic E-state index is -0.650. The van der Waals surface area contributed by atoms with Crippen molar-refractivity contribution in [2.24, 2.45) is 5.73 Å². The number of anilines is 2. The zero-order valence-corrected chi connectivity index (χ0v) is 14.8. The van der Waals surface area contributed by atoms with Gasteiger partial charge in [-0.1, -0.05) is 25.4 Å². The van der Waals surface area contributed by atoms with E-state index in [1.807, 2.05) is 25.1 Å². The van der Waals surface area contributed by atoms with Gasteiger partial charge in [0.15, 0.2) is 16.7 Å². The van der Waals surface area contributed by atoms with E-state index in [9.17, 15) is 4.79 Å². The van der Waals surface area contributed by atoms with Gasteiger partial charge in [-0.15, -0.1) is 11.3 Å². The van der Waals surface area contributed by atoms with Crippen molar-refractivity contribution in [3.8, 4) is 0 Å². The van der Waals surface area contributed by atoms with Crippen LogP contribution in [0.5, 0.6) is 0 Å². The molecule has 2 heterocycles. The van der Waals surface area contributed by atoms with Gasteiger partial charge in [-0.05, 0) is 31.0 Å². The summed E-state index contributed by atoms with van der Waals surface area (Å²) >= 11 is 7.75. The standard InChI is InChI=1S/C16H16ClN5OS/c1-3-9-14(17)22-16(13(21-9)15(18)23)19-8-5-6-10-11(7-8)24-12(4-2)20-10/h5-7H,3-4H2,1-2H3,(H2,18,23)(H,19,22). The first-order valence-corrected chi connectivity index (χ1v) is 8.74. The van der Waals surface area contributed by atoms with E-state index >= 15 is 0 Å². The second kappa shape index (κ2) is 6.70. The first-order chi connectivity index (χ1) is 11.5. The van der Waals surface area contributed by atoms with Crippen molar-refractivity contribution >= 4 is 50.6 Å². The van der Waals surface area contributed by atoms with Gasteiger partial charge in [0.1, 0.15) is 0 Å². The average Bonchev–Trinajstić information content (AvgIpc) is 2.97. The molecule has 0 fully saturated rings. The third-order valence-electron chi connectivity index (χ3n) is 3.49. The van der Waals surface area contributed by atoms with E-state index in [-0.39, 0.29) is 16.7 Å². The molecule has 0 aliphatic carbocycles. The molecule has 3 N–H and O–H groups in total. The van der Waals surface area contributed by atoms with Gasteiger partial charge in [0.2, 0.25) is 0 Å². The zero-order valence-electron chi connectivity index (χ0n) is 13.3. The summed E-state index contributed by atoms with van der Waals surface area (Å²) in [7, 11) is 0. The van der Waals surface area contributed by atoms with E-state index in [0.717, 1.165) is 27.3 Å². The summed E-state index contributed by atoms with van der Waals surface area (Å²) in [5.74, 6) is -0.396. The van der Waals surface area contributed by atoms with Gasteiger partial charge in [-0.25, -0.2) is 15.0 Å². The SMILES string of the molecule is CCc1nc2ccc(Nc3nc(Cl)c(CC)nc3C(N)=O)cc2s1. The molecule has 1 amide bonds. The molecule has 0 radical (unpaired) electrons. The van der Waals surface area contributed by atoms with Crippen molar-refractivity contribution in [3.05, 3.63) is 39.7 Å². The number of thiazole rings is 1. The summed E-state index contributed by atoms with van der Waals surface area (Å²) in [6.45, 7) is 3.96. The maximum atomic E-state index is 11.7. The summed E-state index contributed by atoms with van der Waals surface area (Å²) in [6, 6.07) is 5.75. The van der Waals surface area contributed by atoms with Crippen LogP contribution in [0.1, 0.15) is 35.0 Å². The Kier molecular flexibility index (Phi) is 4.64. The van der Waals surface area contributed by atoms with E-state index in [4.69, 9.17) is 17.3 Å². The molecule has 2 aromatic heterocycles. The largest absolute Gasteiger partial charge is 0.364 e. The van der Waals surface area contributed by atoms with Crippen LogP contribution in [0.4, 0.5) is 11.5 Å². The van der Waals surface area contributed by atoms with Crippen LogP contribution in [-0.4, -0.2) is 20.9 Å². The lowest BCUT2D eigenvalue weighted by atomic mass is 10.2. The maximum absolute atomic E-state index is 11.7. The fourth-order valence-corrected chi connectivity index (χ4v) is 3.48. The Bertz CT molecular complexity index is 924. The number of amides is 1. The Morgan fingerprint density at radius 2 is 2.04 bits per heavy atom. The van der Waals surface area contributed by atoms with Gasteiger partial charge in [0, 0.05) is 5.69 Å². The number of nitrogens with one attached hydrogen (secondary N) is 1. The monoisotopic (exact) mass is 361 g/mol. The van der Waals surface area contributed by atoms with Crippen LogP contribution in [0, 0.1) is 0 Å². The third-order valence-corrected chi connectivity index (χ3v) is 4.95. The lowest BCUT2D eigenvalue weighted by molar-refractivity contribution is 0.0996. The van der Waals surface area contributed by atoms with Crippen LogP contribution in [0.3, 0.4) is 0 Å². The average molecular weight is 362 g/mol. The van der Waals surface area contributed by atoms with Gasteiger partial charge in [-0.2, -0.15) is 0 Å². The number of aryl methyl sites for hydroxylation is 2. The summed E-state index contributed by atoms with van der Waals surface area (Å²) in [5, 5.41) is 4.43. The molecule has 0 spiro atoms. The molecule has 0 aliphatic rings. The summed E-state index contributed by atoms with van der Waals surface area (Å²) in [4.78, 5) is 24.7. The Balaban J connectivity index is 2.01. The van der Waals surface area contributed by atoms with E-state index in [0.29, 0.717) is 12.1 Å². The number of rotatable bonds is 5. The first kappa shape index (κ1) is 16.6. The molecule has 0 aliphatic heterocycles. The fourth-order valence-electron chi connectivity index (χ4n) is 2.27. The minimum absolute atomic E-state index is 0.0786. The highest BCUT2D eigenvalue weighted by molar-refractivity contribution is 7.18. The van der Waals surface area contributed by atoms with Crippen molar-refractivity contribution < 1.29 is 4.79 Å². The highest BCUT2D eigenvalue weighted by atomic mass is 35.5. The number of aromatic nitrogens is 3. The Labute approximate surface area is 148 Å². The van der Waals surface area contributed by atoms with Gasteiger partial charge in [0.05, 0.1) is 20.9 Å². The molecular weight excluding hydrogens is 346 g/mol. The number of nitrogens with zero attached hydrogens (tertiary/aromatic N) is 3. The molecule has 3 aromatic rings. The molecule has 0 unspecified atom stereocenters. The smallest absolute Gasteiger partial charge is 0.271 e. The molecule has 1 aromatic carbocycles. The predicted octanol–water partition coefficient (Wildman–Crippen LogP) is 3.71. The summed E-state index contributed by atoms with van der Waals surface area (Å²) in [6.07, 6.45) is 1.46. The number of primary amides is 1. The Morgan fingerprint density at radius 1 is 1.25 bits per heavy atom. The van der Waals surface area contributed by atoms with Gasteiger partial charge >= 0.3 is 0 Å². The minimum Gasteiger partial charge on any atom is -0.364 e. The molecule has 8 heteroatoms. The number of carbonyl (C=O) groups is 1. The van der Waals surface area contributed by atoms with E-state index < -0.39 is 5.91 Å². The molecule has 0 saturated carbocycles. The zero-order chi connectivity index (χ0) is 17.3. The number of fused-ring (bicyclic) bond motifs is 1. The lowest BCUT2D eigenvalue weighted by Gasteiger charge is -2.11. The van der Waals surface area contributed by atoms with Crippen LogP contribution in [0.15, 0.2) is 18.2 Å². The van der Waals surface area contributed by atoms with Gasteiger partial charge < -0.3 is 11.1 Å². The number of benzene rings is 1. The van der Waals surface area contributed by atoms with Crippen LogP contribution < -0.4 is 11.1 Å². The number of hydrogen-bond acceptors (Lipinski definition) is 6. The fraction of sp³-hybridized carbons (Fsp3) is 0.250. The van der Waals surface area contributed by atoms with Crippen LogP contribution in [-0.2, 0) is 12.8 Å². The third kappa shape index (κ3) is 3.18. The molecule has 124 valence electrons. The molecular formula is C16H16ClN5OS. The molecule has 0 bridgehead atoms. The summed E-state index contributed by atoms with van der Waals surface area (Å²) in [5.41, 5.74) is 7.76. The molecule has 0 atom stereocenters. The van der Waals surface area contributed by atoms with Crippen molar-refractivity contribution in [3.63, 3.8) is 0 Å².